The van der Waals surface area contributed by atoms with Crippen molar-refractivity contribution in [3.8, 4) is 28.3 Å². The average Bonchev–Trinajstić information content (AvgIpc) is 2.97. The summed E-state index contributed by atoms with van der Waals surface area (Å²) in [6.07, 6.45) is -4.56. The first-order valence-corrected chi connectivity index (χ1v) is 8.68. The molecule has 4 rings (SSSR count). The highest BCUT2D eigenvalue weighted by Gasteiger charge is 2.31. The molecule has 0 aliphatic heterocycles. The molecule has 0 aliphatic rings. The number of halogens is 4. The minimum atomic E-state index is -4.56. The smallest absolute Gasteiger partial charge is 0.416 e. The Kier molecular flexibility index (Phi) is 4.31. The lowest BCUT2D eigenvalue weighted by Crippen LogP contribution is -2.14. The number of fused-ring (bicyclic) bond motifs is 1. The highest BCUT2D eigenvalue weighted by molar-refractivity contribution is 6.33. The van der Waals surface area contributed by atoms with Crippen molar-refractivity contribution >= 4 is 22.6 Å². The molecule has 1 aromatic heterocycles. The molecule has 1 heterocycles. The molecule has 0 radical (unpaired) electrons. The summed E-state index contributed by atoms with van der Waals surface area (Å²) in [5, 5.41) is 20.9. The number of phenols is 2. The van der Waals surface area contributed by atoms with Gasteiger partial charge in [0, 0.05) is 22.2 Å². The maximum atomic E-state index is 13.0. The van der Waals surface area contributed by atoms with E-state index in [0.717, 1.165) is 28.8 Å². The molecule has 9 heteroatoms. The van der Waals surface area contributed by atoms with E-state index < -0.39 is 23.2 Å². The van der Waals surface area contributed by atoms with E-state index in [1.165, 1.54) is 6.07 Å². The molecule has 148 valence electrons. The second-order valence-corrected chi connectivity index (χ2v) is 6.74. The fourth-order valence-electron chi connectivity index (χ4n) is 3.17. The Morgan fingerprint density at radius 3 is 2.34 bits per heavy atom. The van der Waals surface area contributed by atoms with E-state index in [1.807, 2.05) is 0 Å². The van der Waals surface area contributed by atoms with E-state index in [-0.39, 0.29) is 28.0 Å². The van der Waals surface area contributed by atoms with Crippen molar-refractivity contribution in [2.75, 3.05) is 0 Å². The Balaban J connectivity index is 1.97. The zero-order valence-electron chi connectivity index (χ0n) is 14.5. The van der Waals surface area contributed by atoms with Crippen LogP contribution in [0.15, 0.2) is 59.4 Å². The van der Waals surface area contributed by atoms with Gasteiger partial charge in [-0.05, 0) is 30.3 Å². The number of aromatic amines is 1. The zero-order valence-corrected chi connectivity index (χ0v) is 15.2. The molecular formula is C20H12ClF3N2O3. The average molecular weight is 421 g/mol. The third-order valence-corrected chi connectivity index (χ3v) is 4.84. The lowest BCUT2D eigenvalue weighted by Gasteiger charge is -2.13. The van der Waals surface area contributed by atoms with E-state index in [1.54, 1.807) is 24.3 Å². The molecule has 0 spiro atoms. The zero-order chi connectivity index (χ0) is 20.9. The minimum absolute atomic E-state index is 0.0197. The van der Waals surface area contributed by atoms with Gasteiger partial charge in [0.05, 0.1) is 22.3 Å². The van der Waals surface area contributed by atoms with Crippen LogP contribution in [-0.4, -0.2) is 19.8 Å². The fourth-order valence-corrected chi connectivity index (χ4v) is 3.40. The van der Waals surface area contributed by atoms with Crippen LogP contribution in [0.2, 0.25) is 5.02 Å². The topological polar surface area (TPSA) is 78.2 Å². The van der Waals surface area contributed by atoms with E-state index in [4.69, 9.17) is 11.6 Å². The maximum Gasteiger partial charge on any atom is 0.416 e. The molecular weight excluding hydrogens is 409 g/mol. The number of nitrogens with one attached hydrogen (secondary N) is 1. The number of benzene rings is 3. The summed E-state index contributed by atoms with van der Waals surface area (Å²) >= 11 is 6.18. The van der Waals surface area contributed by atoms with E-state index in [9.17, 15) is 28.2 Å². The van der Waals surface area contributed by atoms with Crippen LogP contribution >= 0.6 is 11.6 Å². The molecule has 0 atom stereocenters. The van der Waals surface area contributed by atoms with Gasteiger partial charge in [-0.3, -0.25) is 4.57 Å². The summed E-state index contributed by atoms with van der Waals surface area (Å²) in [7, 11) is 0. The highest BCUT2D eigenvalue weighted by atomic mass is 35.5. The lowest BCUT2D eigenvalue weighted by atomic mass is 10.0. The molecule has 4 aromatic rings. The summed E-state index contributed by atoms with van der Waals surface area (Å²) < 4.78 is 39.9. The van der Waals surface area contributed by atoms with Crippen LogP contribution in [-0.2, 0) is 6.18 Å². The maximum absolute atomic E-state index is 13.0. The molecule has 0 bridgehead atoms. The quantitative estimate of drug-likeness (QED) is 0.423. The summed E-state index contributed by atoms with van der Waals surface area (Å²) in [6.45, 7) is 0. The van der Waals surface area contributed by atoms with Crippen molar-refractivity contribution in [3.05, 3.63) is 75.7 Å². The van der Waals surface area contributed by atoms with Crippen LogP contribution in [0.25, 0.3) is 27.8 Å². The van der Waals surface area contributed by atoms with Crippen molar-refractivity contribution in [2.45, 2.75) is 6.18 Å². The Morgan fingerprint density at radius 2 is 1.66 bits per heavy atom. The number of imidazole rings is 1. The summed E-state index contributed by atoms with van der Waals surface area (Å²) in [5.41, 5.74) is -0.883. The molecule has 0 aliphatic carbocycles. The molecule has 5 nitrogen and oxygen atoms in total. The van der Waals surface area contributed by atoms with Gasteiger partial charge in [-0.2, -0.15) is 13.2 Å². The summed E-state index contributed by atoms with van der Waals surface area (Å²) in [4.78, 5) is 14.8. The standard InChI is InChI=1S/C20H12ClF3N2O3/c21-13-4-2-1-3-11(13)12-8-16(18(28)9-17(12)27)26-15-6-5-10(20(22,23)24)7-14(15)25-19(26)29/h1-9,27-28H,(H,25,29). The Hall–Kier alpha value is -3.39. The number of rotatable bonds is 2. The Morgan fingerprint density at radius 1 is 0.931 bits per heavy atom. The SMILES string of the molecule is O=c1[nH]c2cc(C(F)(F)F)ccc2n1-c1cc(-c2ccccc2Cl)c(O)cc1O. The number of alkyl halides is 3. The molecule has 29 heavy (non-hydrogen) atoms. The van der Waals surface area contributed by atoms with Crippen LogP contribution in [0, 0.1) is 0 Å². The first-order chi connectivity index (χ1) is 13.7. The normalized spacial score (nSPS) is 11.9. The fraction of sp³-hybridized carbons (Fsp3) is 0.0500. The molecule has 0 unspecified atom stereocenters. The first kappa shape index (κ1) is 18.9. The van der Waals surface area contributed by atoms with Crippen LogP contribution in [0.4, 0.5) is 13.2 Å². The Labute approximate surface area is 166 Å². The van der Waals surface area contributed by atoms with Crippen LogP contribution in [0.5, 0.6) is 11.5 Å². The monoisotopic (exact) mass is 420 g/mol. The Bertz CT molecular complexity index is 1310. The number of hydrogen-bond donors (Lipinski definition) is 3. The van der Waals surface area contributed by atoms with Gasteiger partial charge in [0.15, 0.2) is 0 Å². The van der Waals surface area contributed by atoms with E-state index in [2.05, 4.69) is 4.98 Å². The van der Waals surface area contributed by atoms with Crippen molar-refractivity contribution in [3.63, 3.8) is 0 Å². The van der Waals surface area contributed by atoms with Gasteiger partial charge < -0.3 is 15.2 Å². The number of phenolic OH excluding ortho intramolecular Hbond substituents is 2. The van der Waals surface area contributed by atoms with Crippen LogP contribution < -0.4 is 5.69 Å². The molecule has 0 saturated heterocycles. The third kappa shape index (κ3) is 3.21. The molecule has 3 aromatic carbocycles. The summed E-state index contributed by atoms with van der Waals surface area (Å²) in [5.74, 6) is -0.701. The minimum Gasteiger partial charge on any atom is -0.507 e. The number of nitrogens with zero attached hydrogens (tertiary/aromatic N) is 1. The van der Waals surface area contributed by atoms with Gasteiger partial charge in [-0.25, -0.2) is 4.79 Å². The van der Waals surface area contributed by atoms with E-state index >= 15 is 0 Å². The summed E-state index contributed by atoms with van der Waals surface area (Å²) in [6, 6.07) is 11.8. The first-order valence-electron chi connectivity index (χ1n) is 8.30. The second kappa shape index (κ2) is 6.59. The van der Waals surface area contributed by atoms with Crippen molar-refractivity contribution in [2.24, 2.45) is 0 Å². The third-order valence-electron chi connectivity index (χ3n) is 4.51. The van der Waals surface area contributed by atoms with Gasteiger partial charge in [0.1, 0.15) is 11.5 Å². The van der Waals surface area contributed by atoms with Gasteiger partial charge in [-0.15, -0.1) is 0 Å². The number of H-pyrrole nitrogens is 1. The molecule has 0 amide bonds. The molecule has 0 saturated carbocycles. The second-order valence-electron chi connectivity index (χ2n) is 6.33. The number of aromatic hydroxyl groups is 2. The predicted molar refractivity (Wildman–Crippen MR) is 103 cm³/mol. The molecule has 0 fully saturated rings. The van der Waals surface area contributed by atoms with Crippen molar-refractivity contribution < 1.29 is 23.4 Å². The van der Waals surface area contributed by atoms with Crippen molar-refractivity contribution in [1.29, 1.82) is 0 Å². The van der Waals surface area contributed by atoms with Crippen LogP contribution in [0.1, 0.15) is 5.56 Å². The van der Waals surface area contributed by atoms with Gasteiger partial charge in [0.2, 0.25) is 0 Å². The number of hydrogen-bond acceptors (Lipinski definition) is 3. The van der Waals surface area contributed by atoms with Gasteiger partial charge in [-0.1, -0.05) is 29.8 Å². The predicted octanol–water partition coefficient (Wildman–Crippen LogP) is 5.07. The van der Waals surface area contributed by atoms with Gasteiger partial charge in [0.25, 0.3) is 0 Å². The highest BCUT2D eigenvalue weighted by Crippen LogP contribution is 2.40. The van der Waals surface area contributed by atoms with E-state index in [0.29, 0.717) is 10.6 Å². The largest absolute Gasteiger partial charge is 0.507 e. The lowest BCUT2D eigenvalue weighted by molar-refractivity contribution is -0.137. The van der Waals surface area contributed by atoms with Gasteiger partial charge >= 0.3 is 11.9 Å². The van der Waals surface area contributed by atoms with Crippen LogP contribution in [0.3, 0.4) is 0 Å². The van der Waals surface area contributed by atoms with Crippen molar-refractivity contribution in [1.82, 2.24) is 9.55 Å². The molecule has 3 N–H and O–H groups in total. The number of aromatic nitrogens is 2.